The number of aromatic nitrogens is 2. The Kier molecular flexibility index (Phi) is 12.8. The number of piperazine rings is 1. The van der Waals surface area contributed by atoms with E-state index in [9.17, 15) is 0 Å². The molecule has 1 N–H and O–H groups in total. The minimum absolute atomic E-state index is 0. The largest absolute Gasteiger partial charge is 0.342 e. The normalized spacial score (nSPS) is 14.8. The smallest absolute Gasteiger partial charge is 0.139 e. The summed E-state index contributed by atoms with van der Waals surface area (Å²) >= 11 is 6.48. The minimum Gasteiger partial charge on any atom is -0.342 e. The van der Waals surface area contributed by atoms with Crippen LogP contribution in [0.25, 0.3) is 11.4 Å². The van der Waals surface area contributed by atoms with Crippen LogP contribution in [-0.4, -0.2) is 45.9 Å². The van der Waals surface area contributed by atoms with Crippen molar-refractivity contribution in [1.29, 1.82) is 0 Å². The van der Waals surface area contributed by atoms with E-state index in [2.05, 4.69) is 96.2 Å². The number of aromatic amines is 1. The molecular weight excluding hydrogens is 570 g/mol. The molecule has 1 aromatic heterocycles. The standard InChI is InChI=1S/C31H35ClN4.3ClH/c1-22(2)29(28-23(3)33-31(34-28)26-16-10-11-17-27(26)32)35-18-20-36(21-19-35)30(24-12-6-4-7-13-24)25-14-8-5-9-15-25;;;/h4-17,22,29-30H,18-21H2,1-3H3,(H,33,34);3*1H. The summed E-state index contributed by atoms with van der Waals surface area (Å²) in [7, 11) is 0. The van der Waals surface area contributed by atoms with Gasteiger partial charge in [0.15, 0.2) is 0 Å². The monoisotopic (exact) mass is 606 g/mol. The Bertz CT molecular complexity index is 1230. The second-order valence-corrected chi connectivity index (χ2v) is 10.5. The van der Waals surface area contributed by atoms with Crippen molar-refractivity contribution in [2.45, 2.75) is 32.9 Å². The van der Waals surface area contributed by atoms with Gasteiger partial charge in [-0.1, -0.05) is 98.2 Å². The van der Waals surface area contributed by atoms with Crippen molar-refractivity contribution in [3.63, 3.8) is 0 Å². The average Bonchev–Trinajstić information content (AvgIpc) is 3.27. The fraction of sp³-hybridized carbons (Fsp3) is 0.323. The van der Waals surface area contributed by atoms with Gasteiger partial charge in [0.2, 0.25) is 0 Å². The zero-order chi connectivity index (χ0) is 25.1. The number of aryl methyl sites for hydroxylation is 1. The van der Waals surface area contributed by atoms with Gasteiger partial charge in [0, 0.05) is 37.4 Å². The SMILES string of the molecule is Cc1[nH]c(-c2ccccc2Cl)nc1C(C(C)C)N1CCN(C(c2ccccc2)c2ccccc2)CC1.Cl.Cl.Cl. The molecule has 0 bridgehead atoms. The van der Waals surface area contributed by atoms with Crippen LogP contribution in [0, 0.1) is 12.8 Å². The number of nitrogens with one attached hydrogen (secondary N) is 1. The molecule has 1 unspecified atom stereocenters. The van der Waals surface area contributed by atoms with Gasteiger partial charge in [0.1, 0.15) is 5.82 Å². The van der Waals surface area contributed by atoms with Crippen LogP contribution >= 0.6 is 48.8 Å². The molecule has 4 aromatic rings. The van der Waals surface area contributed by atoms with Gasteiger partial charge in [-0.2, -0.15) is 0 Å². The summed E-state index contributed by atoms with van der Waals surface area (Å²) in [6, 6.07) is 30.2. The lowest BCUT2D eigenvalue weighted by atomic mass is 9.94. The molecule has 0 spiro atoms. The van der Waals surface area contributed by atoms with Crippen LogP contribution in [-0.2, 0) is 0 Å². The van der Waals surface area contributed by atoms with Crippen LogP contribution < -0.4 is 0 Å². The second-order valence-electron chi connectivity index (χ2n) is 10.1. The first-order valence-corrected chi connectivity index (χ1v) is 13.3. The molecule has 2 heterocycles. The van der Waals surface area contributed by atoms with Crippen LogP contribution in [0.5, 0.6) is 0 Å². The summed E-state index contributed by atoms with van der Waals surface area (Å²) in [5.74, 6) is 1.29. The van der Waals surface area contributed by atoms with Gasteiger partial charge in [-0.3, -0.25) is 9.80 Å². The maximum atomic E-state index is 6.48. The van der Waals surface area contributed by atoms with Gasteiger partial charge >= 0.3 is 0 Å². The zero-order valence-corrected chi connectivity index (χ0v) is 25.8. The Labute approximate surface area is 256 Å². The van der Waals surface area contributed by atoms with E-state index >= 15 is 0 Å². The number of rotatable bonds is 7. The molecule has 4 nitrogen and oxygen atoms in total. The predicted molar refractivity (Wildman–Crippen MR) is 171 cm³/mol. The molecule has 0 radical (unpaired) electrons. The molecule has 3 aromatic carbocycles. The van der Waals surface area contributed by atoms with E-state index in [0.29, 0.717) is 5.92 Å². The summed E-state index contributed by atoms with van der Waals surface area (Å²) in [6.07, 6.45) is 0. The van der Waals surface area contributed by atoms with E-state index in [1.54, 1.807) is 0 Å². The second kappa shape index (κ2) is 15.1. The van der Waals surface area contributed by atoms with Crippen LogP contribution in [0.15, 0.2) is 84.9 Å². The molecule has 1 aliphatic heterocycles. The molecule has 1 fully saturated rings. The highest BCUT2D eigenvalue weighted by Gasteiger charge is 2.33. The van der Waals surface area contributed by atoms with Crippen molar-refractivity contribution in [3.05, 3.63) is 112 Å². The van der Waals surface area contributed by atoms with Gasteiger partial charge in [-0.25, -0.2) is 4.98 Å². The maximum absolute atomic E-state index is 6.48. The Morgan fingerprint density at radius 2 is 1.21 bits per heavy atom. The van der Waals surface area contributed by atoms with Gasteiger partial charge in [-0.15, -0.1) is 37.2 Å². The van der Waals surface area contributed by atoms with Crippen LogP contribution in [0.2, 0.25) is 5.02 Å². The van der Waals surface area contributed by atoms with Crippen molar-refractivity contribution >= 4 is 48.8 Å². The van der Waals surface area contributed by atoms with Gasteiger partial charge < -0.3 is 4.98 Å². The van der Waals surface area contributed by atoms with Crippen LogP contribution in [0.1, 0.15) is 48.4 Å². The first kappa shape index (κ1) is 33.2. The van der Waals surface area contributed by atoms with E-state index in [-0.39, 0.29) is 49.3 Å². The molecule has 1 aliphatic rings. The number of halogens is 4. The Morgan fingerprint density at radius 3 is 1.72 bits per heavy atom. The summed E-state index contributed by atoms with van der Waals surface area (Å²) in [5, 5.41) is 0.723. The lowest BCUT2D eigenvalue weighted by Crippen LogP contribution is -2.50. The molecule has 0 amide bonds. The fourth-order valence-corrected chi connectivity index (χ4v) is 5.84. The zero-order valence-electron chi connectivity index (χ0n) is 22.6. The Hall–Kier alpha value is -2.05. The molecule has 39 heavy (non-hydrogen) atoms. The van der Waals surface area contributed by atoms with Crippen molar-refractivity contribution in [3.8, 4) is 11.4 Å². The van der Waals surface area contributed by atoms with Crippen molar-refractivity contribution in [2.75, 3.05) is 26.2 Å². The van der Waals surface area contributed by atoms with Crippen molar-refractivity contribution in [1.82, 2.24) is 19.8 Å². The van der Waals surface area contributed by atoms with E-state index in [0.717, 1.165) is 54.0 Å². The molecular formula is C31H38Cl4N4. The van der Waals surface area contributed by atoms with Gasteiger partial charge in [0.05, 0.1) is 22.8 Å². The van der Waals surface area contributed by atoms with Gasteiger partial charge in [0.25, 0.3) is 0 Å². The summed E-state index contributed by atoms with van der Waals surface area (Å²) in [4.78, 5) is 13.9. The van der Waals surface area contributed by atoms with E-state index in [1.165, 1.54) is 11.1 Å². The van der Waals surface area contributed by atoms with E-state index < -0.39 is 0 Å². The maximum Gasteiger partial charge on any atom is 0.139 e. The number of hydrogen-bond donors (Lipinski definition) is 1. The third-order valence-electron chi connectivity index (χ3n) is 7.30. The number of H-pyrrole nitrogens is 1. The highest BCUT2D eigenvalue weighted by molar-refractivity contribution is 6.33. The molecule has 8 heteroatoms. The first-order chi connectivity index (χ1) is 17.5. The number of nitrogens with zero attached hydrogens (tertiary/aromatic N) is 3. The van der Waals surface area contributed by atoms with Crippen LogP contribution in [0.3, 0.4) is 0 Å². The first-order valence-electron chi connectivity index (χ1n) is 12.9. The lowest BCUT2D eigenvalue weighted by molar-refractivity contribution is 0.0599. The number of benzene rings is 3. The number of imidazole rings is 1. The third kappa shape index (κ3) is 7.38. The predicted octanol–water partition coefficient (Wildman–Crippen LogP) is 8.41. The highest BCUT2D eigenvalue weighted by Crippen LogP contribution is 2.35. The van der Waals surface area contributed by atoms with E-state index in [4.69, 9.17) is 16.6 Å². The molecule has 1 saturated heterocycles. The summed E-state index contributed by atoms with van der Waals surface area (Å²) in [6.45, 7) is 10.8. The van der Waals surface area contributed by atoms with E-state index in [1.807, 2.05) is 24.3 Å². The molecule has 0 aliphatic carbocycles. The Balaban J connectivity index is 0.00000178. The summed E-state index contributed by atoms with van der Waals surface area (Å²) in [5.41, 5.74) is 5.91. The lowest BCUT2D eigenvalue weighted by Gasteiger charge is -2.43. The average molecular weight is 608 g/mol. The minimum atomic E-state index is 0. The number of hydrogen-bond acceptors (Lipinski definition) is 3. The fourth-order valence-electron chi connectivity index (χ4n) is 5.61. The molecule has 5 rings (SSSR count). The van der Waals surface area contributed by atoms with Crippen molar-refractivity contribution in [2.24, 2.45) is 5.92 Å². The van der Waals surface area contributed by atoms with Crippen LogP contribution in [0.4, 0.5) is 0 Å². The Morgan fingerprint density at radius 1 is 0.718 bits per heavy atom. The van der Waals surface area contributed by atoms with Crippen molar-refractivity contribution < 1.29 is 0 Å². The molecule has 210 valence electrons. The molecule has 1 atom stereocenters. The summed E-state index contributed by atoms with van der Waals surface area (Å²) < 4.78 is 0. The highest BCUT2D eigenvalue weighted by atomic mass is 35.5. The topological polar surface area (TPSA) is 35.2 Å². The molecule has 0 saturated carbocycles. The van der Waals surface area contributed by atoms with Gasteiger partial charge in [-0.05, 0) is 36.1 Å². The quantitative estimate of drug-likeness (QED) is 0.229. The third-order valence-corrected chi connectivity index (χ3v) is 7.63.